The Bertz CT molecular complexity index is 1080. The van der Waals surface area contributed by atoms with Gasteiger partial charge < -0.3 is 4.74 Å². The lowest BCUT2D eigenvalue weighted by molar-refractivity contribution is 0.0734. The van der Waals surface area contributed by atoms with Crippen LogP contribution in [0.5, 0.6) is 5.75 Å². The SMILES string of the molecule is Cc1ccc(C(=O)Oc2ccc(/C=N/NS(=O)(=O)c3ccccc3)cc2)cc1. The van der Waals surface area contributed by atoms with Gasteiger partial charge in [0.1, 0.15) is 5.75 Å². The van der Waals surface area contributed by atoms with Crippen molar-refractivity contribution in [3.63, 3.8) is 0 Å². The highest BCUT2D eigenvalue weighted by molar-refractivity contribution is 7.89. The molecule has 0 saturated carbocycles. The smallest absolute Gasteiger partial charge is 0.343 e. The van der Waals surface area contributed by atoms with Gasteiger partial charge in [0, 0.05) is 0 Å². The third-order valence-electron chi connectivity index (χ3n) is 3.82. The molecule has 3 aromatic carbocycles. The minimum absolute atomic E-state index is 0.130. The second-order valence-electron chi connectivity index (χ2n) is 5.99. The van der Waals surface area contributed by atoms with Crippen LogP contribution >= 0.6 is 0 Å². The highest BCUT2D eigenvalue weighted by atomic mass is 32.2. The number of carbonyl (C=O) groups is 1. The van der Waals surface area contributed by atoms with Crippen LogP contribution in [-0.2, 0) is 10.0 Å². The molecular formula is C21H18N2O4S. The second kappa shape index (κ2) is 8.49. The Kier molecular flexibility index (Phi) is 5.86. The third-order valence-corrected chi connectivity index (χ3v) is 5.06. The molecule has 1 N–H and O–H groups in total. The molecule has 0 saturated heterocycles. The summed E-state index contributed by atoms with van der Waals surface area (Å²) in [6.07, 6.45) is 1.37. The number of carbonyl (C=O) groups excluding carboxylic acids is 1. The van der Waals surface area contributed by atoms with Gasteiger partial charge in [0.05, 0.1) is 16.7 Å². The highest BCUT2D eigenvalue weighted by Crippen LogP contribution is 2.14. The van der Waals surface area contributed by atoms with Crippen LogP contribution in [0.1, 0.15) is 21.5 Å². The van der Waals surface area contributed by atoms with Crippen LogP contribution in [0.4, 0.5) is 0 Å². The number of hydrogen-bond donors (Lipinski definition) is 1. The first-order valence-electron chi connectivity index (χ1n) is 8.43. The Labute approximate surface area is 163 Å². The van der Waals surface area contributed by atoms with E-state index >= 15 is 0 Å². The van der Waals surface area contributed by atoms with E-state index in [0.717, 1.165) is 5.56 Å². The van der Waals surface area contributed by atoms with Crippen molar-refractivity contribution < 1.29 is 17.9 Å². The van der Waals surface area contributed by atoms with E-state index < -0.39 is 16.0 Å². The number of nitrogens with one attached hydrogen (secondary N) is 1. The van der Waals surface area contributed by atoms with Gasteiger partial charge in [-0.25, -0.2) is 9.63 Å². The molecule has 0 bridgehead atoms. The van der Waals surface area contributed by atoms with Crippen molar-refractivity contribution in [3.05, 3.63) is 95.6 Å². The van der Waals surface area contributed by atoms with Crippen LogP contribution in [0.15, 0.2) is 88.9 Å². The number of benzene rings is 3. The van der Waals surface area contributed by atoms with Gasteiger partial charge in [-0.1, -0.05) is 35.9 Å². The number of nitrogens with zero attached hydrogens (tertiary/aromatic N) is 1. The number of hydrazone groups is 1. The number of ether oxygens (including phenoxy) is 1. The van der Waals surface area contributed by atoms with Crippen molar-refractivity contribution in [2.45, 2.75) is 11.8 Å². The molecule has 0 unspecified atom stereocenters. The van der Waals surface area contributed by atoms with Crippen molar-refractivity contribution in [1.82, 2.24) is 4.83 Å². The summed E-state index contributed by atoms with van der Waals surface area (Å²) >= 11 is 0. The molecule has 0 aliphatic carbocycles. The molecule has 3 aromatic rings. The molecular weight excluding hydrogens is 376 g/mol. The molecule has 6 nitrogen and oxygen atoms in total. The van der Waals surface area contributed by atoms with Crippen molar-refractivity contribution >= 4 is 22.2 Å². The van der Waals surface area contributed by atoms with Gasteiger partial charge in [-0.2, -0.15) is 13.5 Å². The molecule has 0 spiro atoms. The minimum atomic E-state index is -3.71. The molecule has 0 aromatic heterocycles. The van der Waals surface area contributed by atoms with Gasteiger partial charge in [0.25, 0.3) is 10.0 Å². The Hall–Kier alpha value is -3.45. The first kappa shape index (κ1) is 19.3. The van der Waals surface area contributed by atoms with Crippen LogP contribution in [0.3, 0.4) is 0 Å². The van der Waals surface area contributed by atoms with E-state index in [1.165, 1.54) is 18.3 Å². The minimum Gasteiger partial charge on any atom is -0.423 e. The van der Waals surface area contributed by atoms with Crippen LogP contribution < -0.4 is 9.57 Å². The van der Waals surface area contributed by atoms with Crippen LogP contribution in [0.2, 0.25) is 0 Å². The summed E-state index contributed by atoms with van der Waals surface area (Å²) in [5.74, 6) is -0.0652. The maximum atomic E-state index is 12.1. The zero-order valence-corrected chi connectivity index (χ0v) is 15.9. The van der Waals surface area contributed by atoms with Gasteiger partial charge >= 0.3 is 5.97 Å². The summed E-state index contributed by atoms with van der Waals surface area (Å²) in [7, 11) is -3.71. The lowest BCUT2D eigenvalue weighted by Gasteiger charge is -2.05. The quantitative estimate of drug-likeness (QED) is 0.300. The number of aryl methyl sites for hydroxylation is 1. The summed E-state index contributed by atoms with van der Waals surface area (Å²) < 4.78 is 29.5. The highest BCUT2D eigenvalue weighted by Gasteiger charge is 2.11. The largest absolute Gasteiger partial charge is 0.423 e. The second-order valence-corrected chi connectivity index (χ2v) is 7.65. The maximum Gasteiger partial charge on any atom is 0.343 e. The van der Waals surface area contributed by atoms with Gasteiger partial charge in [-0.15, -0.1) is 0 Å². The lowest BCUT2D eigenvalue weighted by atomic mass is 10.1. The van der Waals surface area contributed by atoms with Crippen molar-refractivity contribution in [2.24, 2.45) is 5.10 Å². The maximum absolute atomic E-state index is 12.1. The van der Waals surface area contributed by atoms with Gasteiger partial charge in [0.15, 0.2) is 0 Å². The third kappa shape index (κ3) is 5.05. The Morgan fingerprint density at radius 2 is 1.57 bits per heavy atom. The fraction of sp³-hybridized carbons (Fsp3) is 0.0476. The molecule has 7 heteroatoms. The number of sulfonamides is 1. The molecule has 28 heavy (non-hydrogen) atoms. The number of esters is 1. The molecule has 0 heterocycles. The standard InChI is InChI=1S/C21H18N2O4S/c1-16-7-11-18(12-8-16)21(24)27-19-13-9-17(10-14-19)15-22-23-28(25,26)20-5-3-2-4-6-20/h2-15,23H,1H3/b22-15+. The zero-order valence-electron chi connectivity index (χ0n) is 15.1. The van der Waals surface area contributed by atoms with E-state index in [9.17, 15) is 13.2 Å². The average molecular weight is 394 g/mol. The van der Waals surface area contributed by atoms with Gasteiger partial charge in [-0.3, -0.25) is 0 Å². The molecule has 0 aliphatic heterocycles. The predicted octanol–water partition coefficient (Wildman–Crippen LogP) is 3.53. The molecule has 142 valence electrons. The Morgan fingerprint density at radius 3 is 2.21 bits per heavy atom. The topological polar surface area (TPSA) is 84.8 Å². The molecule has 0 amide bonds. The van der Waals surface area contributed by atoms with Crippen molar-refractivity contribution in [3.8, 4) is 5.75 Å². The van der Waals surface area contributed by atoms with E-state index in [2.05, 4.69) is 9.93 Å². The number of rotatable bonds is 6. The zero-order chi connectivity index (χ0) is 20.0. The molecule has 0 fully saturated rings. The van der Waals surface area contributed by atoms with E-state index in [4.69, 9.17) is 4.74 Å². The fourth-order valence-electron chi connectivity index (χ4n) is 2.30. The van der Waals surface area contributed by atoms with Crippen LogP contribution in [0.25, 0.3) is 0 Å². The first-order chi connectivity index (χ1) is 13.4. The first-order valence-corrected chi connectivity index (χ1v) is 9.91. The average Bonchev–Trinajstić information content (AvgIpc) is 2.70. The molecule has 3 rings (SSSR count). The lowest BCUT2D eigenvalue weighted by Crippen LogP contribution is -2.18. The monoisotopic (exact) mass is 394 g/mol. The van der Waals surface area contributed by atoms with Crippen molar-refractivity contribution in [2.75, 3.05) is 0 Å². The summed E-state index contributed by atoms with van der Waals surface area (Å²) in [4.78, 5) is 14.4. The summed E-state index contributed by atoms with van der Waals surface area (Å²) in [6.45, 7) is 1.94. The Balaban J connectivity index is 1.60. The summed E-state index contributed by atoms with van der Waals surface area (Å²) in [5.41, 5.74) is 2.17. The molecule has 0 aliphatic rings. The summed E-state index contributed by atoms with van der Waals surface area (Å²) in [5, 5.41) is 3.77. The van der Waals surface area contributed by atoms with E-state index in [-0.39, 0.29) is 4.90 Å². The van der Waals surface area contributed by atoms with Crippen LogP contribution in [-0.4, -0.2) is 20.6 Å². The van der Waals surface area contributed by atoms with E-state index in [1.54, 1.807) is 54.6 Å². The van der Waals surface area contributed by atoms with Gasteiger partial charge in [-0.05, 0) is 61.0 Å². The molecule has 0 atom stereocenters. The fourth-order valence-corrected chi connectivity index (χ4v) is 3.11. The van der Waals surface area contributed by atoms with E-state index in [1.807, 2.05) is 19.1 Å². The van der Waals surface area contributed by atoms with Crippen LogP contribution in [0, 0.1) is 6.92 Å². The number of hydrogen-bond acceptors (Lipinski definition) is 5. The predicted molar refractivity (Wildman–Crippen MR) is 107 cm³/mol. The molecule has 0 radical (unpaired) electrons. The Morgan fingerprint density at radius 1 is 0.929 bits per heavy atom. The summed E-state index contributed by atoms with van der Waals surface area (Å²) in [6, 6.07) is 21.6. The van der Waals surface area contributed by atoms with Gasteiger partial charge in [0.2, 0.25) is 0 Å². The van der Waals surface area contributed by atoms with E-state index in [0.29, 0.717) is 16.9 Å². The van der Waals surface area contributed by atoms with Crippen molar-refractivity contribution in [1.29, 1.82) is 0 Å². The normalized spacial score (nSPS) is 11.3.